The Hall–Kier alpha value is -2.40. The van der Waals surface area contributed by atoms with Crippen molar-refractivity contribution in [2.45, 2.75) is 12.0 Å². The van der Waals surface area contributed by atoms with Crippen LogP contribution in [0.2, 0.25) is 0 Å². The Morgan fingerprint density at radius 3 is 2.77 bits per heavy atom. The molecule has 0 spiro atoms. The molecule has 0 saturated heterocycles. The Morgan fingerprint density at radius 1 is 1.42 bits per heavy atom. The Morgan fingerprint density at radius 2 is 2.19 bits per heavy atom. The van der Waals surface area contributed by atoms with Crippen LogP contribution < -0.4 is 5.14 Å². The van der Waals surface area contributed by atoms with Crippen LogP contribution in [0.4, 0.5) is 5.69 Å². The number of nitro benzene ring substituents is 1. The van der Waals surface area contributed by atoms with Gasteiger partial charge in [0.2, 0.25) is 10.0 Å². The first kappa shape index (κ1) is 18.4. The van der Waals surface area contributed by atoms with E-state index in [2.05, 4.69) is 4.98 Å². The van der Waals surface area contributed by atoms with Crippen LogP contribution in [-0.2, 0) is 20.4 Å². The quantitative estimate of drug-likeness (QED) is 0.615. The summed E-state index contributed by atoms with van der Waals surface area (Å²) in [6, 6.07) is 6.20. The lowest BCUT2D eigenvalue weighted by molar-refractivity contribution is -0.384. The van der Waals surface area contributed by atoms with E-state index in [1.54, 1.807) is 23.6 Å². The molecule has 0 radical (unpaired) electrons. The topological polar surface area (TPSA) is 125 Å². The fourth-order valence-electron chi connectivity index (χ4n) is 2.59. The number of sulfonamides is 1. The first-order valence-corrected chi connectivity index (χ1v) is 9.86. The predicted molar refractivity (Wildman–Crippen MR) is 97.8 cm³/mol. The lowest BCUT2D eigenvalue weighted by atomic mass is 9.95. The van der Waals surface area contributed by atoms with Crippen LogP contribution in [0, 0.1) is 10.1 Å². The normalized spacial score (nSPS) is 20.0. The molecule has 1 aliphatic rings. The molecule has 2 N–H and O–H groups in total. The van der Waals surface area contributed by atoms with Gasteiger partial charge in [0.1, 0.15) is 10.6 Å². The third kappa shape index (κ3) is 3.44. The fraction of sp³-hybridized carbons (Fsp3) is 0.188. The number of benzene rings is 1. The maximum Gasteiger partial charge on any atom is 0.270 e. The van der Waals surface area contributed by atoms with E-state index in [1.165, 1.54) is 42.7 Å². The molecule has 0 aliphatic heterocycles. The number of aromatic nitrogens is 1. The number of hydrogen-bond donors (Lipinski definition) is 1. The molecule has 136 valence electrons. The van der Waals surface area contributed by atoms with Crippen LogP contribution in [0.15, 0.2) is 52.8 Å². The standard InChI is InChI=1S/C16H15N3O5S2/c1-24-16(7-5-13(6-8-16)26(17,22)23)15-18-14(10-25-15)11-3-2-4-12(9-11)19(20)21/h2-7,9-10H,8H2,1H3,(H2,17,22,23). The number of rotatable bonds is 5. The molecule has 0 amide bonds. The summed E-state index contributed by atoms with van der Waals surface area (Å²) in [5.41, 5.74) is 0.280. The first-order valence-electron chi connectivity index (χ1n) is 7.43. The second kappa shape index (κ2) is 6.72. The molecule has 0 saturated carbocycles. The van der Waals surface area contributed by atoms with E-state index in [1.807, 2.05) is 0 Å². The van der Waals surface area contributed by atoms with Crippen molar-refractivity contribution in [1.82, 2.24) is 4.98 Å². The molecule has 8 nitrogen and oxygen atoms in total. The van der Waals surface area contributed by atoms with Crippen molar-refractivity contribution in [3.05, 3.63) is 67.9 Å². The maximum atomic E-state index is 11.4. The molecule has 1 aromatic heterocycles. The molecule has 1 aliphatic carbocycles. The first-order chi connectivity index (χ1) is 12.2. The highest BCUT2D eigenvalue weighted by Crippen LogP contribution is 2.39. The van der Waals surface area contributed by atoms with Crippen molar-refractivity contribution >= 4 is 27.0 Å². The number of primary sulfonamides is 1. The van der Waals surface area contributed by atoms with Gasteiger partial charge in [0.05, 0.1) is 15.5 Å². The third-order valence-corrected chi connectivity index (χ3v) is 6.00. The number of allylic oxidation sites excluding steroid dienone is 1. The summed E-state index contributed by atoms with van der Waals surface area (Å²) in [7, 11) is -2.27. The van der Waals surface area contributed by atoms with E-state index < -0.39 is 20.5 Å². The van der Waals surface area contributed by atoms with Gasteiger partial charge in [-0.2, -0.15) is 0 Å². The minimum Gasteiger partial charge on any atom is -0.367 e. The van der Waals surface area contributed by atoms with Crippen LogP contribution in [0.3, 0.4) is 0 Å². The molecule has 0 bridgehead atoms. The highest BCUT2D eigenvalue weighted by molar-refractivity contribution is 7.93. The molecule has 1 aromatic carbocycles. The second-order valence-electron chi connectivity index (χ2n) is 5.63. The summed E-state index contributed by atoms with van der Waals surface area (Å²) in [4.78, 5) is 15.1. The second-order valence-corrected chi connectivity index (χ2v) is 8.05. The van der Waals surface area contributed by atoms with Gasteiger partial charge in [-0.05, 0) is 12.2 Å². The summed E-state index contributed by atoms with van der Waals surface area (Å²) in [5, 5.41) is 18.5. The van der Waals surface area contributed by atoms with Crippen molar-refractivity contribution in [1.29, 1.82) is 0 Å². The minimum atomic E-state index is -3.78. The summed E-state index contributed by atoms with van der Waals surface area (Å²) in [6.45, 7) is 0. The lowest BCUT2D eigenvalue weighted by Gasteiger charge is -2.28. The van der Waals surface area contributed by atoms with Gasteiger partial charge in [-0.25, -0.2) is 18.5 Å². The van der Waals surface area contributed by atoms with Gasteiger partial charge in [-0.3, -0.25) is 10.1 Å². The fourth-order valence-corrected chi connectivity index (χ4v) is 4.16. The number of non-ortho nitro benzene ring substituents is 1. The number of hydrogen-bond acceptors (Lipinski definition) is 7. The zero-order chi connectivity index (χ0) is 18.9. The molecular formula is C16H15N3O5S2. The number of ether oxygens (including phenoxy) is 1. The van der Waals surface area contributed by atoms with Gasteiger partial charge >= 0.3 is 0 Å². The van der Waals surface area contributed by atoms with E-state index in [0.29, 0.717) is 16.3 Å². The summed E-state index contributed by atoms with van der Waals surface area (Å²) in [5.74, 6) is 0. The number of methoxy groups -OCH3 is 1. The molecule has 1 unspecified atom stereocenters. The molecular weight excluding hydrogens is 378 g/mol. The van der Waals surface area contributed by atoms with Gasteiger partial charge < -0.3 is 4.74 Å². The van der Waals surface area contributed by atoms with E-state index in [0.717, 1.165) is 0 Å². The average Bonchev–Trinajstić information content (AvgIpc) is 3.12. The predicted octanol–water partition coefficient (Wildman–Crippen LogP) is 2.69. The van der Waals surface area contributed by atoms with E-state index in [-0.39, 0.29) is 17.0 Å². The minimum absolute atomic E-state index is 0.0169. The van der Waals surface area contributed by atoms with Gasteiger partial charge in [0.25, 0.3) is 5.69 Å². The molecule has 26 heavy (non-hydrogen) atoms. The zero-order valence-electron chi connectivity index (χ0n) is 13.7. The van der Waals surface area contributed by atoms with Crippen LogP contribution in [-0.4, -0.2) is 25.4 Å². The van der Waals surface area contributed by atoms with E-state index >= 15 is 0 Å². The number of nitrogens with zero attached hydrogens (tertiary/aromatic N) is 2. The van der Waals surface area contributed by atoms with Crippen molar-refractivity contribution in [2.75, 3.05) is 7.11 Å². The molecule has 3 rings (SSSR count). The number of nitro groups is 1. The summed E-state index contributed by atoms with van der Waals surface area (Å²) in [6.07, 6.45) is 4.76. The van der Waals surface area contributed by atoms with Gasteiger partial charge in [-0.15, -0.1) is 11.3 Å². The van der Waals surface area contributed by atoms with Crippen molar-refractivity contribution in [3.63, 3.8) is 0 Å². The Bertz CT molecular complexity index is 1030. The highest BCUT2D eigenvalue weighted by atomic mass is 32.2. The van der Waals surface area contributed by atoms with Crippen molar-refractivity contribution in [3.8, 4) is 11.3 Å². The van der Waals surface area contributed by atoms with Crippen LogP contribution in [0.5, 0.6) is 0 Å². The lowest BCUT2D eigenvalue weighted by Crippen LogP contribution is -2.28. The third-order valence-electron chi connectivity index (χ3n) is 4.04. The monoisotopic (exact) mass is 393 g/mol. The molecule has 10 heteroatoms. The maximum absolute atomic E-state index is 11.4. The SMILES string of the molecule is COC1(c2nc(-c3cccc([N+](=O)[O-])c3)cs2)C=CC(S(N)(=O)=O)=CC1. The number of nitrogens with two attached hydrogens (primary N) is 1. The largest absolute Gasteiger partial charge is 0.367 e. The Balaban J connectivity index is 1.94. The van der Waals surface area contributed by atoms with Gasteiger partial charge in [-0.1, -0.05) is 18.2 Å². The molecule has 1 atom stereocenters. The van der Waals surface area contributed by atoms with Crippen molar-refractivity contribution in [2.24, 2.45) is 5.14 Å². The van der Waals surface area contributed by atoms with Crippen LogP contribution >= 0.6 is 11.3 Å². The van der Waals surface area contributed by atoms with E-state index in [9.17, 15) is 18.5 Å². The summed E-state index contributed by atoms with van der Waals surface area (Å²) >= 11 is 1.33. The smallest absolute Gasteiger partial charge is 0.270 e. The van der Waals surface area contributed by atoms with E-state index in [4.69, 9.17) is 9.88 Å². The van der Waals surface area contributed by atoms with Crippen LogP contribution in [0.25, 0.3) is 11.3 Å². The van der Waals surface area contributed by atoms with Gasteiger partial charge in [0.15, 0.2) is 0 Å². The zero-order valence-corrected chi connectivity index (χ0v) is 15.3. The molecule has 2 aromatic rings. The number of thiazole rings is 1. The van der Waals surface area contributed by atoms with Crippen LogP contribution in [0.1, 0.15) is 11.4 Å². The van der Waals surface area contributed by atoms with Gasteiger partial charge in [0, 0.05) is 36.6 Å². The van der Waals surface area contributed by atoms with Crippen molar-refractivity contribution < 1.29 is 18.1 Å². The Kier molecular flexibility index (Phi) is 4.76. The molecule has 1 heterocycles. The highest BCUT2D eigenvalue weighted by Gasteiger charge is 2.35. The summed E-state index contributed by atoms with van der Waals surface area (Å²) < 4.78 is 28.5. The average molecular weight is 393 g/mol. The molecule has 0 fully saturated rings. The Labute approximate surface area is 153 Å².